The number of hydrogen-bond donors (Lipinski definition) is 0. The summed E-state index contributed by atoms with van der Waals surface area (Å²) in [7, 11) is 0. The van der Waals surface area contributed by atoms with Gasteiger partial charge in [0, 0.05) is 25.2 Å². The van der Waals surface area contributed by atoms with Crippen molar-refractivity contribution >= 4 is 5.69 Å². The van der Waals surface area contributed by atoms with Crippen LogP contribution in [0.15, 0.2) is 18.2 Å². The second-order valence-corrected chi connectivity index (χ2v) is 3.83. The van der Waals surface area contributed by atoms with Crippen molar-refractivity contribution in [3.8, 4) is 0 Å². The molecular weight excluding hydrogens is 192 g/mol. The summed E-state index contributed by atoms with van der Waals surface area (Å²) in [5.74, 6) is 0. The van der Waals surface area contributed by atoms with Gasteiger partial charge in [0.2, 0.25) is 0 Å². The molecule has 1 aromatic rings. The lowest BCUT2D eigenvalue weighted by molar-refractivity contribution is -0.385. The second kappa shape index (κ2) is 3.98. The molecule has 0 fully saturated rings. The summed E-state index contributed by atoms with van der Waals surface area (Å²) < 4.78 is 0. The van der Waals surface area contributed by atoms with Gasteiger partial charge < -0.3 is 0 Å². The molecule has 0 atom stereocenters. The minimum atomic E-state index is -0.328. The maximum atomic E-state index is 10.6. The Hall–Kier alpha value is -1.42. The highest BCUT2D eigenvalue weighted by atomic mass is 16.6. The van der Waals surface area contributed by atoms with Gasteiger partial charge in [0.15, 0.2) is 0 Å². The van der Waals surface area contributed by atoms with Gasteiger partial charge >= 0.3 is 0 Å². The van der Waals surface area contributed by atoms with Crippen LogP contribution in [0.2, 0.25) is 0 Å². The highest BCUT2D eigenvalue weighted by Crippen LogP contribution is 2.23. The first-order chi connectivity index (χ1) is 7.20. The molecule has 0 bridgehead atoms. The molecule has 1 heterocycles. The van der Waals surface area contributed by atoms with Crippen LogP contribution in [0.4, 0.5) is 5.69 Å². The Morgan fingerprint density at radius 2 is 2.27 bits per heavy atom. The van der Waals surface area contributed by atoms with Crippen molar-refractivity contribution in [3.05, 3.63) is 39.4 Å². The van der Waals surface area contributed by atoms with Crippen molar-refractivity contribution in [2.75, 3.05) is 13.1 Å². The molecule has 2 rings (SSSR count). The zero-order chi connectivity index (χ0) is 10.8. The molecule has 15 heavy (non-hydrogen) atoms. The molecule has 0 amide bonds. The Balaban J connectivity index is 2.30. The summed E-state index contributed by atoms with van der Waals surface area (Å²) in [5.41, 5.74) is 2.56. The van der Waals surface area contributed by atoms with Gasteiger partial charge in [-0.3, -0.25) is 15.0 Å². The number of nitro groups is 1. The Labute approximate surface area is 88.7 Å². The maximum Gasteiger partial charge on any atom is 0.269 e. The number of nitrogens with zero attached hydrogens (tertiary/aromatic N) is 2. The van der Waals surface area contributed by atoms with E-state index in [1.807, 2.05) is 6.07 Å². The molecule has 0 saturated carbocycles. The van der Waals surface area contributed by atoms with E-state index in [1.165, 1.54) is 5.56 Å². The number of nitro benzene ring substituents is 1. The van der Waals surface area contributed by atoms with Gasteiger partial charge in [-0.25, -0.2) is 0 Å². The Bertz CT molecular complexity index is 390. The molecule has 0 radical (unpaired) electrons. The SMILES string of the molecule is CCN1CCc2ccc([N+](=O)[O-])cc2C1. The van der Waals surface area contributed by atoms with Crippen molar-refractivity contribution in [3.63, 3.8) is 0 Å². The first-order valence-electron chi connectivity index (χ1n) is 5.19. The van der Waals surface area contributed by atoms with E-state index in [9.17, 15) is 10.1 Å². The van der Waals surface area contributed by atoms with Crippen LogP contribution in [-0.4, -0.2) is 22.9 Å². The fourth-order valence-corrected chi connectivity index (χ4v) is 1.99. The summed E-state index contributed by atoms with van der Waals surface area (Å²) in [5, 5.41) is 10.6. The van der Waals surface area contributed by atoms with E-state index in [4.69, 9.17) is 0 Å². The van der Waals surface area contributed by atoms with Gasteiger partial charge in [-0.15, -0.1) is 0 Å². The molecule has 0 saturated heterocycles. The number of fused-ring (bicyclic) bond motifs is 1. The molecule has 0 aromatic heterocycles. The van der Waals surface area contributed by atoms with E-state index in [0.29, 0.717) is 0 Å². The molecule has 0 spiro atoms. The van der Waals surface area contributed by atoms with Crippen LogP contribution in [0, 0.1) is 10.1 Å². The lowest BCUT2D eigenvalue weighted by atomic mass is 9.99. The van der Waals surface area contributed by atoms with Crippen molar-refractivity contribution in [2.45, 2.75) is 19.9 Å². The van der Waals surface area contributed by atoms with Crippen LogP contribution < -0.4 is 0 Å². The van der Waals surface area contributed by atoms with Crippen molar-refractivity contribution < 1.29 is 4.92 Å². The fourth-order valence-electron chi connectivity index (χ4n) is 1.99. The molecule has 80 valence electrons. The molecule has 0 unspecified atom stereocenters. The zero-order valence-electron chi connectivity index (χ0n) is 8.77. The van der Waals surface area contributed by atoms with Gasteiger partial charge in [0.25, 0.3) is 5.69 Å². The van der Waals surface area contributed by atoms with E-state index in [-0.39, 0.29) is 10.6 Å². The quantitative estimate of drug-likeness (QED) is 0.549. The van der Waals surface area contributed by atoms with Gasteiger partial charge in [-0.2, -0.15) is 0 Å². The lowest BCUT2D eigenvalue weighted by Gasteiger charge is -2.27. The third kappa shape index (κ3) is 1.99. The van der Waals surface area contributed by atoms with Crippen LogP contribution in [0.5, 0.6) is 0 Å². The molecule has 4 heteroatoms. The van der Waals surface area contributed by atoms with Gasteiger partial charge in [-0.1, -0.05) is 13.0 Å². The van der Waals surface area contributed by atoms with Crippen LogP contribution in [0.1, 0.15) is 18.1 Å². The number of non-ortho nitro benzene ring substituents is 1. The van der Waals surface area contributed by atoms with E-state index >= 15 is 0 Å². The normalized spacial score (nSPS) is 16.1. The molecule has 0 aliphatic carbocycles. The summed E-state index contributed by atoms with van der Waals surface area (Å²) in [6.07, 6.45) is 1.00. The smallest absolute Gasteiger partial charge is 0.269 e. The summed E-state index contributed by atoms with van der Waals surface area (Å²) >= 11 is 0. The number of benzene rings is 1. The molecule has 0 N–H and O–H groups in total. The number of rotatable bonds is 2. The molecule has 1 aliphatic heterocycles. The maximum absolute atomic E-state index is 10.6. The van der Waals surface area contributed by atoms with Gasteiger partial charge in [-0.05, 0) is 24.1 Å². The first kappa shape index (κ1) is 10.1. The van der Waals surface area contributed by atoms with E-state index in [1.54, 1.807) is 12.1 Å². The standard InChI is InChI=1S/C11H14N2O2/c1-2-12-6-5-9-3-4-11(13(14)15)7-10(9)8-12/h3-4,7H,2,5-6,8H2,1H3. The average molecular weight is 206 g/mol. The van der Waals surface area contributed by atoms with Crippen molar-refractivity contribution in [1.82, 2.24) is 4.90 Å². The molecular formula is C11H14N2O2. The van der Waals surface area contributed by atoms with E-state index < -0.39 is 0 Å². The fraction of sp³-hybridized carbons (Fsp3) is 0.455. The first-order valence-corrected chi connectivity index (χ1v) is 5.19. The van der Waals surface area contributed by atoms with Crippen LogP contribution in [-0.2, 0) is 13.0 Å². The Morgan fingerprint density at radius 1 is 1.47 bits per heavy atom. The van der Waals surface area contributed by atoms with Crippen molar-refractivity contribution in [2.24, 2.45) is 0 Å². The average Bonchev–Trinajstić information content (AvgIpc) is 2.27. The molecule has 1 aromatic carbocycles. The van der Waals surface area contributed by atoms with E-state index in [2.05, 4.69) is 11.8 Å². The number of hydrogen-bond acceptors (Lipinski definition) is 3. The number of likely N-dealkylation sites (N-methyl/N-ethyl adjacent to an activating group) is 1. The predicted molar refractivity (Wildman–Crippen MR) is 57.8 cm³/mol. The molecule has 1 aliphatic rings. The predicted octanol–water partition coefficient (Wildman–Crippen LogP) is 1.97. The molecule has 4 nitrogen and oxygen atoms in total. The third-order valence-corrected chi connectivity index (χ3v) is 2.94. The summed E-state index contributed by atoms with van der Waals surface area (Å²) in [6, 6.07) is 5.19. The zero-order valence-corrected chi connectivity index (χ0v) is 8.77. The lowest BCUT2D eigenvalue weighted by Crippen LogP contribution is -2.30. The third-order valence-electron chi connectivity index (χ3n) is 2.94. The Kier molecular flexibility index (Phi) is 2.68. The Morgan fingerprint density at radius 3 is 2.93 bits per heavy atom. The largest absolute Gasteiger partial charge is 0.299 e. The minimum absolute atomic E-state index is 0.201. The van der Waals surface area contributed by atoms with Crippen LogP contribution in [0.25, 0.3) is 0 Å². The van der Waals surface area contributed by atoms with Gasteiger partial charge in [0.1, 0.15) is 0 Å². The van der Waals surface area contributed by atoms with Gasteiger partial charge in [0.05, 0.1) is 4.92 Å². The van der Waals surface area contributed by atoms with Crippen LogP contribution in [0.3, 0.4) is 0 Å². The highest BCUT2D eigenvalue weighted by Gasteiger charge is 2.17. The van der Waals surface area contributed by atoms with E-state index in [0.717, 1.165) is 31.6 Å². The van der Waals surface area contributed by atoms with Crippen molar-refractivity contribution in [1.29, 1.82) is 0 Å². The van der Waals surface area contributed by atoms with Crippen LogP contribution >= 0.6 is 0 Å². The topological polar surface area (TPSA) is 46.4 Å². The minimum Gasteiger partial charge on any atom is -0.299 e. The summed E-state index contributed by atoms with van der Waals surface area (Å²) in [6.45, 7) is 5.01. The monoisotopic (exact) mass is 206 g/mol. The second-order valence-electron chi connectivity index (χ2n) is 3.83. The highest BCUT2D eigenvalue weighted by molar-refractivity contribution is 5.40. The summed E-state index contributed by atoms with van der Waals surface area (Å²) in [4.78, 5) is 12.6.